The van der Waals surface area contributed by atoms with E-state index in [0.29, 0.717) is 6.61 Å². The maximum Gasteiger partial charge on any atom is 0.303 e. The topological polar surface area (TPSA) is 73.9 Å². The fraction of sp³-hybridized carbons (Fsp3) is 0.619. The van der Waals surface area contributed by atoms with Gasteiger partial charge in [-0.2, -0.15) is 0 Å². The molecule has 2 aliphatic rings. The van der Waals surface area contributed by atoms with Crippen molar-refractivity contribution in [2.75, 3.05) is 6.61 Å². The number of hydrogen-bond acceptors (Lipinski definition) is 5. The number of rotatable bonds is 6. The zero-order chi connectivity index (χ0) is 21.0. The van der Waals surface area contributed by atoms with Gasteiger partial charge in [-0.1, -0.05) is 6.42 Å². The first kappa shape index (κ1) is 21.6. The van der Waals surface area contributed by atoms with E-state index in [4.69, 9.17) is 14.2 Å². The Morgan fingerprint density at radius 2 is 1.97 bits per heavy atom. The highest BCUT2D eigenvalue weighted by Crippen LogP contribution is 2.39. The average molecular weight is 411 g/mol. The summed E-state index contributed by atoms with van der Waals surface area (Å²) in [5.74, 6) is -3.04. The summed E-state index contributed by atoms with van der Waals surface area (Å²) in [6, 6.07) is 2.13. The molecule has 0 bridgehead atoms. The lowest BCUT2D eigenvalue weighted by Crippen LogP contribution is -2.43. The van der Waals surface area contributed by atoms with Crippen LogP contribution in [0.3, 0.4) is 0 Å². The van der Waals surface area contributed by atoms with E-state index in [9.17, 15) is 18.4 Å². The molecule has 1 saturated carbocycles. The largest absolute Gasteiger partial charge is 0.455 e. The van der Waals surface area contributed by atoms with Crippen molar-refractivity contribution in [1.82, 2.24) is 5.32 Å². The third kappa shape index (κ3) is 5.51. The lowest BCUT2D eigenvalue weighted by atomic mass is 9.94. The average Bonchev–Trinajstić information content (AvgIpc) is 3.03. The quantitative estimate of drug-likeness (QED) is 0.725. The summed E-state index contributed by atoms with van der Waals surface area (Å²) in [6.45, 7) is 2.82. The Labute approximate surface area is 168 Å². The van der Waals surface area contributed by atoms with E-state index in [0.717, 1.165) is 50.3 Å². The number of halogens is 2. The smallest absolute Gasteiger partial charge is 0.303 e. The fourth-order valence-corrected chi connectivity index (χ4v) is 4.16. The van der Waals surface area contributed by atoms with Crippen LogP contribution in [-0.4, -0.2) is 36.4 Å². The number of ether oxygens (including phenoxy) is 3. The first-order chi connectivity index (χ1) is 13.8. The van der Waals surface area contributed by atoms with E-state index in [2.05, 4.69) is 5.32 Å². The predicted octanol–water partition coefficient (Wildman–Crippen LogP) is 3.54. The maximum absolute atomic E-state index is 14.4. The highest BCUT2D eigenvalue weighted by molar-refractivity contribution is 5.73. The molecule has 2 fully saturated rings. The van der Waals surface area contributed by atoms with E-state index in [-0.39, 0.29) is 24.0 Å². The Morgan fingerprint density at radius 3 is 2.62 bits per heavy atom. The number of nitrogens with one attached hydrogen (secondary N) is 1. The molecular formula is C21H27F2NO5. The zero-order valence-electron chi connectivity index (χ0n) is 16.7. The van der Waals surface area contributed by atoms with Gasteiger partial charge in [0.05, 0.1) is 18.8 Å². The van der Waals surface area contributed by atoms with Crippen molar-refractivity contribution in [3.63, 3.8) is 0 Å². The first-order valence-corrected chi connectivity index (χ1v) is 9.99. The summed E-state index contributed by atoms with van der Waals surface area (Å²) in [5, 5.41) is 2.71. The molecule has 1 heterocycles. The van der Waals surface area contributed by atoms with Gasteiger partial charge in [0.2, 0.25) is 5.91 Å². The molecule has 1 aromatic rings. The molecule has 1 spiro atoms. The lowest BCUT2D eigenvalue weighted by molar-refractivity contribution is -0.188. The van der Waals surface area contributed by atoms with Crippen molar-refractivity contribution in [3.8, 4) is 0 Å². The molecule has 0 aromatic heterocycles. The second kappa shape index (κ2) is 9.17. The van der Waals surface area contributed by atoms with Gasteiger partial charge in [-0.15, -0.1) is 0 Å². The van der Waals surface area contributed by atoms with Crippen molar-refractivity contribution < 1.29 is 32.6 Å². The van der Waals surface area contributed by atoms with E-state index in [1.807, 2.05) is 0 Å². The number of hydrogen-bond donors (Lipinski definition) is 1. The molecule has 6 nitrogen and oxygen atoms in total. The van der Waals surface area contributed by atoms with Crippen LogP contribution in [0.2, 0.25) is 0 Å². The molecule has 1 aliphatic heterocycles. The predicted molar refractivity (Wildman–Crippen MR) is 99.7 cm³/mol. The minimum Gasteiger partial charge on any atom is -0.455 e. The van der Waals surface area contributed by atoms with E-state index >= 15 is 0 Å². The van der Waals surface area contributed by atoms with E-state index < -0.39 is 35.5 Å². The highest BCUT2D eigenvalue weighted by atomic mass is 19.1. The SMILES string of the molecule is CC(=O)N[C@@H](C[C@H]1COC2(CCCCC2)O1)[C@H](OC(C)=O)c1cc(F)ccc1F. The van der Waals surface area contributed by atoms with Gasteiger partial charge in [0, 0.05) is 38.7 Å². The van der Waals surface area contributed by atoms with Gasteiger partial charge < -0.3 is 19.5 Å². The summed E-state index contributed by atoms with van der Waals surface area (Å²) in [6.07, 6.45) is 3.47. The van der Waals surface area contributed by atoms with Crippen molar-refractivity contribution in [3.05, 3.63) is 35.4 Å². The summed E-state index contributed by atoms with van der Waals surface area (Å²) in [7, 11) is 0. The number of carbonyl (C=O) groups is 2. The molecule has 0 radical (unpaired) electrons. The Kier molecular flexibility index (Phi) is 6.85. The van der Waals surface area contributed by atoms with Gasteiger partial charge in [0.25, 0.3) is 0 Å². The molecule has 29 heavy (non-hydrogen) atoms. The van der Waals surface area contributed by atoms with Gasteiger partial charge in [-0.3, -0.25) is 9.59 Å². The van der Waals surface area contributed by atoms with Crippen molar-refractivity contribution in [1.29, 1.82) is 0 Å². The second-order valence-electron chi connectivity index (χ2n) is 7.76. The molecular weight excluding hydrogens is 384 g/mol. The molecule has 1 amide bonds. The van der Waals surface area contributed by atoms with E-state index in [1.54, 1.807) is 0 Å². The molecule has 1 saturated heterocycles. The van der Waals surface area contributed by atoms with Crippen LogP contribution in [-0.2, 0) is 23.8 Å². The van der Waals surface area contributed by atoms with Crippen LogP contribution < -0.4 is 5.32 Å². The molecule has 1 aliphatic carbocycles. The summed E-state index contributed by atoms with van der Waals surface area (Å²) in [5.41, 5.74) is -0.134. The van der Waals surface area contributed by atoms with Crippen LogP contribution in [0.4, 0.5) is 8.78 Å². The van der Waals surface area contributed by atoms with Gasteiger partial charge in [0.1, 0.15) is 17.7 Å². The molecule has 0 unspecified atom stereocenters. The third-order valence-corrected chi connectivity index (χ3v) is 5.36. The molecule has 1 N–H and O–H groups in total. The number of benzene rings is 1. The van der Waals surface area contributed by atoms with Gasteiger partial charge in [-0.05, 0) is 31.0 Å². The minimum absolute atomic E-state index is 0.134. The van der Waals surface area contributed by atoms with Crippen LogP contribution >= 0.6 is 0 Å². The lowest BCUT2D eigenvalue weighted by Gasteiger charge is -2.33. The molecule has 3 rings (SSSR count). The molecule has 8 heteroatoms. The minimum atomic E-state index is -1.20. The Morgan fingerprint density at radius 1 is 1.24 bits per heavy atom. The standard InChI is InChI=1S/C21H27F2NO5/c1-13(25)24-19(11-16-12-27-21(29-16)8-4-3-5-9-21)20(28-14(2)26)17-10-15(22)6-7-18(17)23/h6-7,10,16,19-20H,3-5,8-9,11-12H2,1-2H3,(H,24,25)/t16-,19-,20+/m0/s1. The molecule has 3 atom stereocenters. The molecule has 1 aromatic carbocycles. The van der Waals surface area contributed by atoms with Gasteiger partial charge in [0.15, 0.2) is 5.79 Å². The fourth-order valence-electron chi connectivity index (χ4n) is 4.16. The number of esters is 1. The summed E-state index contributed by atoms with van der Waals surface area (Å²) < 4.78 is 45.6. The normalized spacial score (nSPS) is 22.8. The van der Waals surface area contributed by atoms with Crippen molar-refractivity contribution in [2.24, 2.45) is 0 Å². The number of carbonyl (C=O) groups excluding carboxylic acids is 2. The Bertz CT molecular complexity index is 751. The monoisotopic (exact) mass is 411 g/mol. The van der Waals surface area contributed by atoms with Gasteiger partial charge in [-0.25, -0.2) is 8.78 Å². The summed E-state index contributed by atoms with van der Waals surface area (Å²) >= 11 is 0. The third-order valence-electron chi connectivity index (χ3n) is 5.36. The van der Waals surface area contributed by atoms with Crippen molar-refractivity contribution in [2.45, 2.75) is 76.4 Å². The Hall–Kier alpha value is -2.06. The first-order valence-electron chi connectivity index (χ1n) is 9.99. The second-order valence-corrected chi connectivity index (χ2v) is 7.76. The van der Waals surface area contributed by atoms with Crippen LogP contribution in [0.1, 0.15) is 64.0 Å². The van der Waals surface area contributed by atoms with Crippen molar-refractivity contribution >= 4 is 11.9 Å². The molecule has 160 valence electrons. The van der Waals surface area contributed by atoms with Crippen LogP contribution in [0.25, 0.3) is 0 Å². The summed E-state index contributed by atoms with van der Waals surface area (Å²) in [4.78, 5) is 23.5. The highest BCUT2D eigenvalue weighted by Gasteiger charge is 2.44. The van der Waals surface area contributed by atoms with Crippen LogP contribution in [0.15, 0.2) is 18.2 Å². The van der Waals surface area contributed by atoms with Gasteiger partial charge >= 0.3 is 5.97 Å². The number of amides is 1. The van der Waals surface area contributed by atoms with E-state index in [1.165, 1.54) is 13.8 Å². The van der Waals surface area contributed by atoms with Crippen LogP contribution in [0.5, 0.6) is 0 Å². The van der Waals surface area contributed by atoms with Crippen LogP contribution in [0, 0.1) is 11.6 Å². The zero-order valence-corrected chi connectivity index (χ0v) is 16.7. The maximum atomic E-state index is 14.4. The Balaban J connectivity index is 1.83.